The van der Waals surface area contributed by atoms with Gasteiger partial charge in [0.2, 0.25) is 5.91 Å². The Labute approximate surface area is 120 Å². The molecule has 9 nitrogen and oxygen atoms in total. The maximum atomic E-state index is 11.2. The molecule has 6 unspecified atom stereocenters. The molecule has 7 atom stereocenters. The van der Waals surface area contributed by atoms with Gasteiger partial charge in [0.15, 0.2) is 6.10 Å². The molecule has 1 aliphatic heterocycles. The van der Waals surface area contributed by atoms with Crippen molar-refractivity contribution in [3.8, 4) is 0 Å². The van der Waals surface area contributed by atoms with Gasteiger partial charge in [-0.2, -0.15) is 0 Å². The topological polar surface area (TPSA) is 160 Å². The Hall–Kier alpha value is -1.26. The van der Waals surface area contributed by atoms with Crippen LogP contribution in [0, 0.1) is 0 Å². The van der Waals surface area contributed by atoms with Crippen LogP contribution in [-0.4, -0.2) is 79.6 Å². The molecule has 1 aliphatic carbocycles. The van der Waals surface area contributed by atoms with Crippen LogP contribution < -0.4 is 5.32 Å². The van der Waals surface area contributed by atoms with Crippen LogP contribution in [0.1, 0.15) is 19.8 Å². The van der Waals surface area contributed by atoms with Crippen molar-refractivity contribution in [2.24, 2.45) is 0 Å². The molecule has 0 spiro atoms. The third-order valence-electron chi connectivity index (χ3n) is 3.92. The average Bonchev–Trinajstić information content (AvgIpc) is 3.22. The van der Waals surface area contributed by atoms with Crippen molar-refractivity contribution < 1.29 is 39.9 Å². The van der Waals surface area contributed by atoms with Crippen LogP contribution >= 0.6 is 0 Å². The number of nitrogens with one attached hydrogen (secondary N) is 1. The third-order valence-corrected chi connectivity index (χ3v) is 3.92. The molecule has 1 saturated carbocycles. The van der Waals surface area contributed by atoms with E-state index in [0.717, 1.165) is 6.92 Å². The number of aliphatic carboxylic acids is 1. The van der Waals surface area contributed by atoms with Crippen molar-refractivity contribution in [1.82, 2.24) is 5.32 Å². The number of hydrogen-bond donors (Lipinski definition) is 6. The number of carboxylic acids is 1. The van der Waals surface area contributed by atoms with E-state index in [4.69, 9.17) is 9.84 Å². The van der Waals surface area contributed by atoms with E-state index in [1.165, 1.54) is 0 Å². The Morgan fingerprint density at radius 1 is 1.33 bits per heavy atom. The van der Waals surface area contributed by atoms with Crippen LogP contribution in [0.15, 0.2) is 0 Å². The summed E-state index contributed by atoms with van der Waals surface area (Å²) in [5, 5.41) is 50.2. The molecule has 2 aliphatic rings. The van der Waals surface area contributed by atoms with E-state index >= 15 is 0 Å². The lowest BCUT2D eigenvalue weighted by Crippen LogP contribution is -2.57. The highest BCUT2D eigenvalue weighted by Gasteiger charge is 2.78. The molecule has 2 fully saturated rings. The van der Waals surface area contributed by atoms with Crippen LogP contribution in [0.5, 0.6) is 0 Å². The number of carbonyl (C=O) groups is 2. The first-order valence-corrected chi connectivity index (χ1v) is 6.59. The Balaban J connectivity index is 2.02. The largest absolute Gasteiger partial charge is 0.479 e. The van der Waals surface area contributed by atoms with Gasteiger partial charge in [-0.15, -0.1) is 0 Å². The smallest absolute Gasteiger partial charge is 0.332 e. The highest BCUT2D eigenvalue weighted by atomic mass is 16.7. The van der Waals surface area contributed by atoms with Crippen molar-refractivity contribution in [3.05, 3.63) is 0 Å². The Morgan fingerprint density at radius 3 is 2.24 bits per heavy atom. The number of aliphatic hydroxyl groups excluding tert-OH is 4. The zero-order chi connectivity index (χ0) is 15.9. The molecule has 1 heterocycles. The normalized spacial score (nSPS) is 33.1. The van der Waals surface area contributed by atoms with Gasteiger partial charge in [0, 0.05) is 19.8 Å². The summed E-state index contributed by atoms with van der Waals surface area (Å²) in [5.74, 6) is -2.10. The van der Waals surface area contributed by atoms with Crippen molar-refractivity contribution >= 4 is 11.9 Å². The SMILES string of the molecule is CC(=O)NC(C(O)CC(O)C(=O)O)C(O)C(O)[C@@]12CC1O2. The van der Waals surface area contributed by atoms with Crippen LogP contribution in [0.3, 0.4) is 0 Å². The summed E-state index contributed by atoms with van der Waals surface area (Å²) in [6.45, 7) is 1.15. The quantitative estimate of drug-likeness (QED) is 0.258. The lowest BCUT2D eigenvalue weighted by Gasteiger charge is -2.32. The summed E-state index contributed by atoms with van der Waals surface area (Å²) >= 11 is 0. The van der Waals surface area contributed by atoms with E-state index in [9.17, 15) is 30.0 Å². The zero-order valence-electron chi connectivity index (χ0n) is 11.3. The van der Waals surface area contributed by atoms with E-state index in [0.29, 0.717) is 6.42 Å². The number of carboxylic acid groups (broad SMARTS) is 1. The molecule has 0 bridgehead atoms. The van der Waals surface area contributed by atoms with Crippen LogP contribution in [0.4, 0.5) is 0 Å². The summed E-state index contributed by atoms with van der Waals surface area (Å²) in [4.78, 5) is 21.7. The zero-order valence-corrected chi connectivity index (χ0v) is 11.3. The number of rotatable bonds is 8. The number of ether oxygens (including phenoxy) is 1. The number of epoxide rings is 1. The highest BCUT2D eigenvalue weighted by Crippen LogP contribution is 2.62. The van der Waals surface area contributed by atoms with Crippen LogP contribution in [-0.2, 0) is 14.3 Å². The molecule has 0 aromatic heterocycles. The van der Waals surface area contributed by atoms with Gasteiger partial charge in [-0.3, -0.25) is 4.79 Å². The molecule has 120 valence electrons. The number of hydrogen-bond acceptors (Lipinski definition) is 7. The second-order valence-corrected chi connectivity index (χ2v) is 5.58. The number of carbonyl (C=O) groups excluding carboxylic acids is 1. The van der Waals surface area contributed by atoms with Crippen LogP contribution in [0.2, 0.25) is 0 Å². The minimum absolute atomic E-state index is 0.109. The molecule has 21 heavy (non-hydrogen) atoms. The molecule has 9 heteroatoms. The molecule has 2 rings (SSSR count). The molecule has 0 radical (unpaired) electrons. The van der Waals surface area contributed by atoms with E-state index in [-0.39, 0.29) is 6.10 Å². The van der Waals surface area contributed by atoms with Gasteiger partial charge in [0.25, 0.3) is 0 Å². The van der Waals surface area contributed by atoms with E-state index < -0.39 is 54.4 Å². The second kappa shape index (κ2) is 5.50. The fraction of sp³-hybridized carbons (Fsp3) is 0.833. The summed E-state index contributed by atoms with van der Waals surface area (Å²) in [6.07, 6.45) is -6.36. The molecular weight excluding hydrogens is 286 g/mol. The Morgan fingerprint density at radius 2 is 1.86 bits per heavy atom. The molecule has 0 aromatic carbocycles. The Kier molecular flexibility index (Phi) is 4.22. The molecule has 0 aromatic rings. The molecule has 6 N–H and O–H groups in total. The van der Waals surface area contributed by atoms with Gasteiger partial charge >= 0.3 is 5.97 Å². The predicted molar refractivity (Wildman–Crippen MR) is 66.1 cm³/mol. The van der Waals surface area contributed by atoms with Crippen molar-refractivity contribution in [2.45, 2.75) is 61.9 Å². The van der Waals surface area contributed by atoms with Crippen molar-refractivity contribution in [2.75, 3.05) is 0 Å². The van der Waals surface area contributed by atoms with Gasteiger partial charge in [-0.05, 0) is 0 Å². The summed E-state index contributed by atoms with van der Waals surface area (Å²) in [6, 6.07) is -1.31. The predicted octanol–water partition coefficient (Wildman–Crippen LogP) is -3.05. The minimum atomic E-state index is -1.84. The molecular formula is C12H19NO8. The van der Waals surface area contributed by atoms with Gasteiger partial charge in [0.05, 0.1) is 18.2 Å². The minimum Gasteiger partial charge on any atom is -0.479 e. The van der Waals surface area contributed by atoms with E-state index in [1.807, 2.05) is 0 Å². The fourth-order valence-electron chi connectivity index (χ4n) is 2.44. The average molecular weight is 305 g/mol. The lowest BCUT2D eigenvalue weighted by molar-refractivity contribution is -0.149. The van der Waals surface area contributed by atoms with Gasteiger partial charge < -0.3 is 35.6 Å². The monoisotopic (exact) mass is 305 g/mol. The third kappa shape index (κ3) is 3.16. The van der Waals surface area contributed by atoms with Gasteiger partial charge in [-0.1, -0.05) is 0 Å². The molecule has 1 saturated heterocycles. The van der Waals surface area contributed by atoms with Gasteiger partial charge in [0.1, 0.15) is 17.8 Å². The maximum absolute atomic E-state index is 11.2. The van der Waals surface area contributed by atoms with Gasteiger partial charge in [-0.25, -0.2) is 4.79 Å². The first-order valence-electron chi connectivity index (χ1n) is 6.59. The first kappa shape index (κ1) is 16.1. The van der Waals surface area contributed by atoms with Crippen LogP contribution in [0.25, 0.3) is 0 Å². The Bertz CT molecular complexity index is 435. The number of amides is 1. The number of fused-ring (bicyclic) bond motifs is 1. The van der Waals surface area contributed by atoms with Crippen molar-refractivity contribution in [3.63, 3.8) is 0 Å². The highest BCUT2D eigenvalue weighted by molar-refractivity contribution is 5.73. The van der Waals surface area contributed by atoms with E-state index in [2.05, 4.69) is 5.32 Å². The summed E-state index contributed by atoms with van der Waals surface area (Å²) < 4.78 is 5.08. The fourth-order valence-corrected chi connectivity index (χ4v) is 2.44. The lowest BCUT2D eigenvalue weighted by atomic mass is 9.93. The summed E-state index contributed by atoms with van der Waals surface area (Å²) in [5.41, 5.74) is -0.804. The second-order valence-electron chi connectivity index (χ2n) is 5.58. The number of aliphatic hydroxyl groups is 4. The van der Waals surface area contributed by atoms with Crippen molar-refractivity contribution in [1.29, 1.82) is 0 Å². The standard InChI is InChI=1S/C12H19NO8/c1-4(14)13-8(5(15)2-6(16)11(19)20)9(17)10(18)12-3-7(12)21-12/h5-10,15-18H,2-3H2,1H3,(H,13,14)(H,19,20)/t5?,6?,7?,8?,9?,10?,12-/m1/s1. The molecule has 1 amide bonds. The summed E-state index contributed by atoms with van der Waals surface area (Å²) in [7, 11) is 0. The first-order chi connectivity index (χ1) is 9.69. The van der Waals surface area contributed by atoms with E-state index in [1.54, 1.807) is 0 Å². The maximum Gasteiger partial charge on any atom is 0.332 e.